The van der Waals surface area contributed by atoms with Crippen LogP contribution in [0.2, 0.25) is 5.02 Å². The van der Waals surface area contributed by atoms with Gasteiger partial charge in [-0.2, -0.15) is 0 Å². The van der Waals surface area contributed by atoms with Gasteiger partial charge in [-0.15, -0.1) is 0 Å². The van der Waals surface area contributed by atoms with Crippen LogP contribution in [0, 0.1) is 5.92 Å². The Morgan fingerprint density at radius 3 is 2.61 bits per heavy atom. The molecule has 0 saturated carbocycles. The van der Waals surface area contributed by atoms with Crippen LogP contribution in [0.3, 0.4) is 0 Å². The zero-order valence-corrected chi connectivity index (χ0v) is 11.9. The molecule has 2 atom stereocenters. The fourth-order valence-corrected chi connectivity index (χ4v) is 2.67. The highest BCUT2D eigenvalue weighted by Gasteiger charge is 2.18. The quantitative estimate of drug-likeness (QED) is 0.868. The molecule has 4 nitrogen and oxygen atoms in total. The summed E-state index contributed by atoms with van der Waals surface area (Å²) in [5, 5.41) is 0.355. The molecular weight excluding hydrogens is 272 g/mol. The Kier molecular flexibility index (Phi) is 5.78. The fraction of sp³-hybridized carbons (Fsp3) is 0.417. The van der Waals surface area contributed by atoms with Gasteiger partial charge in [0.1, 0.15) is 0 Å². The number of rotatable bonds is 5. The SMILES string of the molecule is CC(C)C[C@H](N)C(=O)NS(=O)c1ccccc1Cl. The summed E-state index contributed by atoms with van der Waals surface area (Å²) in [6.45, 7) is 3.94. The average Bonchev–Trinajstić information content (AvgIpc) is 2.28. The molecular formula is C12H17ClN2O2S. The first-order valence-corrected chi connectivity index (χ1v) is 7.17. The number of hydrogen-bond acceptors (Lipinski definition) is 3. The first kappa shape index (κ1) is 15.1. The molecule has 18 heavy (non-hydrogen) atoms. The van der Waals surface area contributed by atoms with E-state index in [1.165, 1.54) is 0 Å². The van der Waals surface area contributed by atoms with Crippen LogP contribution in [0.4, 0.5) is 0 Å². The first-order valence-electron chi connectivity index (χ1n) is 5.64. The zero-order valence-electron chi connectivity index (χ0n) is 10.4. The van der Waals surface area contributed by atoms with Crippen LogP contribution in [0.1, 0.15) is 20.3 Å². The molecule has 0 heterocycles. The highest BCUT2D eigenvalue weighted by Crippen LogP contribution is 2.17. The maximum absolute atomic E-state index is 11.9. The summed E-state index contributed by atoms with van der Waals surface area (Å²) in [5.41, 5.74) is 5.70. The van der Waals surface area contributed by atoms with Gasteiger partial charge in [-0.3, -0.25) is 9.52 Å². The second-order valence-electron chi connectivity index (χ2n) is 4.40. The predicted octanol–water partition coefficient (Wildman–Crippen LogP) is 1.85. The monoisotopic (exact) mass is 288 g/mol. The van der Waals surface area contributed by atoms with E-state index in [9.17, 15) is 9.00 Å². The maximum atomic E-state index is 11.9. The molecule has 0 spiro atoms. The van der Waals surface area contributed by atoms with Crippen molar-refractivity contribution in [2.45, 2.75) is 31.2 Å². The van der Waals surface area contributed by atoms with Crippen LogP contribution in [0.15, 0.2) is 29.2 Å². The Bertz CT molecular complexity index is 451. The number of nitrogens with two attached hydrogens (primary N) is 1. The van der Waals surface area contributed by atoms with Crippen LogP contribution in [0.5, 0.6) is 0 Å². The number of amides is 1. The van der Waals surface area contributed by atoms with Crippen LogP contribution >= 0.6 is 11.6 Å². The zero-order chi connectivity index (χ0) is 13.7. The highest BCUT2D eigenvalue weighted by atomic mass is 35.5. The van der Waals surface area contributed by atoms with Gasteiger partial charge in [-0.25, -0.2) is 4.21 Å². The molecule has 0 aliphatic heterocycles. The Labute approximate surface area is 114 Å². The van der Waals surface area contributed by atoms with Crippen molar-refractivity contribution < 1.29 is 9.00 Å². The lowest BCUT2D eigenvalue weighted by atomic mass is 10.0. The Hall–Kier alpha value is -0.910. The molecule has 0 radical (unpaired) electrons. The van der Waals surface area contributed by atoms with Crippen molar-refractivity contribution in [3.05, 3.63) is 29.3 Å². The van der Waals surface area contributed by atoms with E-state index in [4.69, 9.17) is 17.3 Å². The summed E-state index contributed by atoms with van der Waals surface area (Å²) >= 11 is 5.89. The van der Waals surface area contributed by atoms with Crippen LogP contribution in [-0.2, 0) is 15.8 Å². The summed E-state index contributed by atoms with van der Waals surface area (Å²) in [6, 6.07) is 6.01. The predicted molar refractivity (Wildman–Crippen MR) is 73.4 cm³/mol. The summed E-state index contributed by atoms with van der Waals surface area (Å²) in [4.78, 5) is 12.1. The summed E-state index contributed by atoms with van der Waals surface area (Å²) < 4.78 is 14.3. The number of carbonyl (C=O) groups excluding carboxylic acids is 1. The van der Waals surface area contributed by atoms with Crippen molar-refractivity contribution in [3.8, 4) is 0 Å². The van der Waals surface area contributed by atoms with Gasteiger partial charge in [0.15, 0.2) is 11.0 Å². The van der Waals surface area contributed by atoms with Gasteiger partial charge < -0.3 is 5.73 Å². The van der Waals surface area contributed by atoms with E-state index in [0.717, 1.165) is 0 Å². The van der Waals surface area contributed by atoms with E-state index in [0.29, 0.717) is 22.3 Å². The molecule has 0 aliphatic rings. The second kappa shape index (κ2) is 6.87. The van der Waals surface area contributed by atoms with Crippen LogP contribution in [0.25, 0.3) is 0 Å². The lowest BCUT2D eigenvalue weighted by Crippen LogP contribution is -2.42. The average molecular weight is 289 g/mol. The minimum Gasteiger partial charge on any atom is -0.320 e. The first-order chi connectivity index (χ1) is 8.41. The normalized spacial score (nSPS) is 14.3. The van der Waals surface area contributed by atoms with Gasteiger partial charge in [0.25, 0.3) is 0 Å². The minimum atomic E-state index is -1.67. The second-order valence-corrected chi connectivity index (χ2v) is 5.99. The summed E-state index contributed by atoms with van der Waals surface area (Å²) in [5.74, 6) is -0.124. The maximum Gasteiger partial charge on any atom is 0.248 e. The van der Waals surface area contributed by atoms with Gasteiger partial charge in [0, 0.05) is 0 Å². The van der Waals surface area contributed by atoms with E-state index in [1.807, 2.05) is 13.8 Å². The molecule has 0 saturated heterocycles. The fourth-order valence-electron chi connectivity index (χ4n) is 1.43. The lowest BCUT2D eigenvalue weighted by molar-refractivity contribution is -0.120. The minimum absolute atomic E-state index is 0.305. The van der Waals surface area contributed by atoms with Crippen molar-refractivity contribution in [1.29, 1.82) is 0 Å². The largest absolute Gasteiger partial charge is 0.320 e. The lowest BCUT2D eigenvalue weighted by Gasteiger charge is -2.13. The molecule has 6 heteroatoms. The molecule has 0 aliphatic carbocycles. The van der Waals surface area contributed by atoms with Crippen molar-refractivity contribution in [2.24, 2.45) is 11.7 Å². The van der Waals surface area contributed by atoms with Crippen molar-refractivity contribution >= 4 is 28.5 Å². The van der Waals surface area contributed by atoms with E-state index >= 15 is 0 Å². The van der Waals surface area contributed by atoms with E-state index < -0.39 is 22.9 Å². The molecule has 1 aromatic rings. The summed E-state index contributed by atoms with van der Waals surface area (Å²) in [6.07, 6.45) is 0.547. The third kappa shape index (κ3) is 4.40. The molecule has 1 aromatic carbocycles. The molecule has 1 unspecified atom stereocenters. The van der Waals surface area contributed by atoms with E-state index in [-0.39, 0.29) is 0 Å². The number of benzene rings is 1. The smallest absolute Gasteiger partial charge is 0.248 e. The Balaban J connectivity index is 2.66. The van der Waals surface area contributed by atoms with Crippen molar-refractivity contribution in [3.63, 3.8) is 0 Å². The van der Waals surface area contributed by atoms with Crippen molar-refractivity contribution in [2.75, 3.05) is 0 Å². The molecule has 0 bridgehead atoms. The molecule has 0 fully saturated rings. The Morgan fingerprint density at radius 1 is 1.44 bits per heavy atom. The van der Waals surface area contributed by atoms with Crippen molar-refractivity contribution in [1.82, 2.24) is 4.72 Å². The highest BCUT2D eigenvalue weighted by molar-refractivity contribution is 7.83. The van der Waals surface area contributed by atoms with Gasteiger partial charge >= 0.3 is 0 Å². The van der Waals surface area contributed by atoms with E-state index in [2.05, 4.69) is 4.72 Å². The standard InChI is InChI=1S/C12H17ClN2O2S/c1-8(2)7-10(14)12(16)15-18(17)11-6-4-3-5-9(11)13/h3-6,8,10H,7,14H2,1-2H3,(H,15,16)/t10-,18?/m0/s1. The third-order valence-electron chi connectivity index (χ3n) is 2.29. The molecule has 1 amide bonds. The van der Waals surface area contributed by atoms with Gasteiger partial charge in [-0.1, -0.05) is 37.6 Å². The van der Waals surface area contributed by atoms with Gasteiger partial charge in [-0.05, 0) is 24.5 Å². The number of hydrogen-bond donors (Lipinski definition) is 2. The van der Waals surface area contributed by atoms with Gasteiger partial charge in [0.05, 0.1) is 16.0 Å². The topological polar surface area (TPSA) is 72.2 Å². The Morgan fingerprint density at radius 2 is 2.06 bits per heavy atom. The molecule has 3 N–H and O–H groups in total. The number of carbonyl (C=O) groups is 1. The summed E-state index contributed by atoms with van der Waals surface area (Å²) in [7, 11) is -1.67. The van der Waals surface area contributed by atoms with Crippen LogP contribution < -0.4 is 10.5 Å². The molecule has 0 aromatic heterocycles. The number of nitrogens with one attached hydrogen (secondary N) is 1. The van der Waals surface area contributed by atoms with Gasteiger partial charge in [0.2, 0.25) is 5.91 Å². The number of halogens is 1. The van der Waals surface area contributed by atoms with E-state index in [1.54, 1.807) is 24.3 Å². The molecule has 100 valence electrons. The van der Waals surface area contributed by atoms with Crippen LogP contribution in [-0.4, -0.2) is 16.2 Å². The third-order valence-corrected chi connectivity index (χ3v) is 3.88. The molecule has 1 rings (SSSR count).